The summed E-state index contributed by atoms with van der Waals surface area (Å²) >= 11 is 0. The Labute approximate surface area is 93.4 Å². The van der Waals surface area contributed by atoms with E-state index < -0.39 is 5.60 Å². The Hall–Kier alpha value is -0.630. The van der Waals surface area contributed by atoms with Gasteiger partial charge in [-0.15, -0.1) is 0 Å². The van der Waals surface area contributed by atoms with E-state index in [4.69, 9.17) is 0 Å². The van der Waals surface area contributed by atoms with Crippen LogP contribution in [0.4, 0.5) is 0 Å². The van der Waals surface area contributed by atoms with E-state index >= 15 is 0 Å². The van der Waals surface area contributed by atoms with Gasteiger partial charge in [-0.25, -0.2) is 0 Å². The average molecular weight is 212 g/mol. The van der Waals surface area contributed by atoms with Crippen molar-refractivity contribution in [3.05, 3.63) is 12.2 Å². The van der Waals surface area contributed by atoms with Crippen LogP contribution in [0.5, 0.6) is 0 Å². The smallest absolute Gasteiger partial charge is 0.129 e. The van der Waals surface area contributed by atoms with Crippen molar-refractivity contribution in [3.8, 4) is 0 Å². The van der Waals surface area contributed by atoms with Gasteiger partial charge in [-0.2, -0.15) is 0 Å². The number of carbonyl (C=O) groups is 1. The van der Waals surface area contributed by atoms with E-state index in [9.17, 15) is 9.90 Å². The molecular weight excluding hydrogens is 188 g/mol. The molecule has 0 heterocycles. The Morgan fingerprint density at radius 1 is 1.40 bits per heavy atom. The molecule has 0 aliphatic carbocycles. The van der Waals surface area contributed by atoms with Crippen LogP contribution in [0.25, 0.3) is 0 Å². The third-order valence-electron chi connectivity index (χ3n) is 2.44. The lowest BCUT2D eigenvalue weighted by Crippen LogP contribution is -2.16. The van der Waals surface area contributed by atoms with Crippen LogP contribution in [-0.4, -0.2) is 16.5 Å². The summed E-state index contributed by atoms with van der Waals surface area (Å²) in [5, 5.41) is 9.57. The number of hydrogen-bond acceptors (Lipinski definition) is 2. The Morgan fingerprint density at radius 3 is 2.27 bits per heavy atom. The maximum absolute atomic E-state index is 10.9. The molecule has 15 heavy (non-hydrogen) atoms. The Kier molecular flexibility index (Phi) is 5.81. The normalized spacial score (nSPS) is 14.9. The van der Waals surface area contributed by atoms with Crippen molar-refractivity contribution >= 4 is 5.78 Å². The van der Waals surface area contributed by atoms with Crippen LogP contribution in [0.15, 0.2) is 12.2 Å². The van der Waals surface area contributed by atoms with Crippen LogP contribution >= 0.6 is 0 Å². The van der Waals surface area contributed by atoms with E-state index in [0.717, 1.165) is 6.42 Å². The summed E-state index contributed by atoms with van der Waals surface area (Å²) in [6, 6.07) is 0. The van der Waals surface area contributed by atoms with Crippen molar-refractivity contribution in [3.63, 3.8) is 0 Å². The predicted octanol–water partition coefficient (Wildman–Crippen LogP) is 2.95. The average Bonchev–Trinajstić information content (AvgIpc) is 2.00. The van der Waals surface area contributed by atoms with Crippen molar-refractivity contribution in [2.75, 3.05) is 0 Å². The number of Topliss-reactive ketones (excluding diaryl/α,β-unsaturated/α-hetero) is 1. The molecule has 0 aromatic heterocycles. The minimum absolute atomic E-state index is 0.234. The second-order valence-electron chi connectivity index (χ2n) is 5.16. The van der Waals surface area contributed by atoms with Crippen molar-refractivity contribution in [2.45, 2.75) is 53.1 Å². The first-order valence-corrected chi connectivity index (χ1v) is 5.63. The fourth-order valence-corrected chi connectivity index (χ4v) is 1.38. The maximum atomic E-state index is 10.9. The highest BCUT2D eigenvalue weighted by Crippen LogP contribution is 2.20. The lowest BCUT2D eigenvalue weighted by atomic mass is 9.89. The van der Waals surface area contributed by atoms with Crippen LogP contribution in [0.3, 0.4) is 0 Å². The first-order chi connectivity index (χ1) is 6.72. The third kappa shape index (κ3) is 8.37. The first kappa shape index (κ1) is 14.4. The van der Waals surface area contributed by atoms with Gasteiger partial charge in [0.05, 0.1) is 5.60 Å². The van der Waals surface area contributed by atoms with E-state index in [-0.39, 0.29) is 5.78 Å². The largest absolute Gasteiger partial charge is 0.386 e. The topological polar surface area (TPSA) is 37.3 Å². The zero-order valence-corrected chi connectivity index (χ0v) is 10.6. The molecule has 0 aliphatic heterocycles. The van der Waals surface area contributed by atoms with Gasteiger partial charge in [-0.3, -0.25) is 0 Å². The van der Waals surface area contributed by atoms with E-state index in [1.54, 1.807) is 20.8 Å². The standard InChI is InChI=1S/C13H24O2/c1-10(2)12(7-6-11(3)14)8-9-13(4,5)15/h8-10,12,15H,6-7H2,1-5H3/b9-8+. The van der Waals surface area contributed by atoms with E-state index in [1.165, 1.54) is 0 Å². The summed E-state index contributed by atoms with van der Waals surface area (Å²) < 4.78 is 0. The number of carbonyl (C=O) groups excluding carboxylic acids is 1. The molecule has 0 saturated carbocycles. The molecule has 0 fully saturated rings. The van der Waals surface area contributed by atoms with E-state index in [2.05, 4.69) is 13.8 Å². The van der Waals surface area contributed by atoms with Crippen molar-refractivity contribution < 1.29 is 9.90 Å². The monoisotopic (exact) mass is 212 g/mol. The molecule has 2 nitrogen and oxygen atoms in total. The van der Waals surface area contributed by atoms with Gasteiger partial charge in [-0.05, 0) is 39.0 Å². The highest BCUT2D eigenvalue weighted by molar-refractivity contribution is 5.75. The highest BCUT2D eigenvalue weighted by Gasteiger charge is 2.13. The van der Waals surface area contributed by atoms with Crippen LogP contribution in [0.2, 0.25) is 0 Å². The zero-order chi connectivity index (χ0) is 12.1. The van der Waals surface area contributed by atoms with Crippen LogP contribution in [0.1, 0.15) is 47.5 Å². The quantitative estimate of drug-likeness (QED) is 0.687. The molecule has 0 aliphatic rings. The molecule has 0 saturated heterocycles. The van der Waals surface area contributed by atoms with Gasteiger partial charge in [0.1, 0.15) is 5.78 Å². The van der Waals surface area contributed by atoms with Gasteiger partial charge in [-0.1, -0.05) is 26.0 Å². The summed E-state index contributed by atoms with van der Waals surface area (Å²) in [7, 11) is 0. The summed E-state index contributed by atoms with van der Waals surface area (Å²) in [4.78, 5) is 10.9. The minimum atomic E-state index is -0.761. The molecule has 2 heteroatoms. The van der Waals surface area contributed by atoms with Crippen molar-refractivity contribution in [1.82, 2.24) is 0 Å². The molecule has 0 bridgehead atoms. The molecule has 0 aromatic carbocycles. The van der Waals surface area contributed by atoms with E-state index in [1.807, 2.05) is 12.2 Å². The molecule has 0 aromatic rings. The second-order valence-corrected chi connectivity index (χ2v) is 5.16. The molecule has 88 valence electrons. The van der Waals surface area contributed by atoms with Gasteiger partial charge in [0.25, 0.3) is 0 Å². The van der Waals surface area contributed by atoms with Gasteiger partial charge in [0, 0.05) is 6.42 Å². The third-order valence-corrected chi connectivity index (χ3v) is 2.44. The molecule has 1 unspecified atom stereocenters. The van der Waals surface area contributed by atoms with Crippen LogP contribution < -0.4 is 0 Å². The molecule has 1 N–H and O–H groups in total. The Morgan fingerprint density at radius 2 is 1.93 bits per heavy atom. The van der Waals surface area contributed by atoms with Crippen molar-refractivity contribution in [1.29, 1.82) is 0 Å². The van der Waals surface area contributed by atoms with Crippen molar-refractivity contribution in [2.24, 2.45) is 11.8 Å². The van der Waals surface area contributed by atoms with Crippen LogP contribution in [-0.2, 0) is 4.79 Å². The number of rotatable bonds is 6. The highest BCUT2D eigenvalue weighted by atomic mass is 16.3. The Balaban J connectivity index is 4.29. The van der Waals surface area contributed by atoms with E-state index in [0.29, 0.717) is 18.3 Å². The molecule has 1 atom stereocenters. The summed E-state index contributed by atoms with van der Waals surface area (Å²) in [6.07, 6.45) is 5.35. The van der Waals surface area contributed by atoms with Gasteiger partial charge in [0.2, 0.25) is 0 Å². The fourth-order valence-electron chi connectivity index (χ4n) is 1.38. The summed E-state index contributed by atoms with van der Waals surface area (Å²) in [6.45, 7) is 9.41. The molecule has 0 radical (unpaired) electrons. The number of allylic oxidation sites excluding steroid dienone is 1. The Bertz CT molecular complexity index is 221. The molecule has 0 spiro atoms. The maximum Gasteiger partial charge on any atom is 0.129 e. The van der Waals surface area contributed by atoms with Gasteiger partial charge >= 0.3 is 0 Å². The minimum Gasteiger partial charge on any atom is -0.386 e. The lowest BCUT2D eigenvalue weighted by molar-refractivity contribution is -0.117. The number of hydrogen-bond donors (Lipinski definition) is 1. The van der Waals surface area contributed by atoms with Crippen LogP contribution in [0, 0.1) is 11.8 Å². The predicted molar refractivity (Wildman–Crippen MR) is 63.7 cm³/mol. The number of aliphatic hydroxyl groups is 1. The molecular formula is C13H24O2. The second kappa shape index (κ2) is 6.06. The van der Waals surface area contributed by atoms with Gasteiger partial charge in [0.15, 0.2) is 0 Å². The number of ketones is 1. The fraction of sp³-hybridized carbons (Fsp3) is 0.769. The zero-order valence-electron chi connectivity index (χ0n) is 10.6. The first-order valence-electron chi connectivity index (χ1n) is 5.63. The molecule has 0 rings (SSSR count). The summed E-state index contributed by atoms with van der Waals surface area (Å²) in [5.74, 6) is 1.11. The SMILES string of the molecule is CC(=O)CCC(/C=C/C(C)(C)O)C(C)C. The van der Waals surface area contributed by atoms with Gasteiger partial charge < -0.3 is 9.90 Å². The lowest BCUT2D eigenvalue weighted by Gasteiger charge is -2.18. The molecule has 0 amide bonds. The summed E-state index contributed by atoms with van der Waals surface area (Å²) in [5.41, 5.74) is -0.761.